The fraction of sp³-hybridized carbons (Fsp3) is 0.733. The van der Waals surface area contributed by atoms with Crippen LogP contribution in [0, 0.1) is 5.92 Å². The molecule has 4 rings (SSSR count). The average Bonchev–Trinajstić information content (AvgIpc) is 3.15. The third-order valence-electron chi connectivity index (χ3n) is 8.54. The molecular weight excluding hydrogens is 390 g/mol. The topological polar surface area (TPSA) is 21.3 Å². The molecule has 0 radical (unpaired) electrons. The number of allylic oxidation sites excluding steroid dienone is 1. The van der Waals surface area contributed by atoms with Gasteiger partial charge in [-0.2, -0.15) is 0 Å². The summed E-state index contributed by atoms with van der Waals surface area (Å²) in [4.78, 5) is 0. The molecule has 2 atom stereocenters. The number of nitrogens with one attached hydrogen (secondary N) is 1. The predicted molar refractivity (Wildman–Crippen MR) is 137 cm³/mol. The molecule has 0 saturated heterocycles. The van der Waals surface area contributed by atoms with Crippen LogP contribution in [0.3, 0.4) is 0 Å². The Morgan fingerprint density at radius 3 is 2.34 bits per heavy atom. The first-order valence-corrected chi connectivity index (χ1v) is 13.8. The van der Waals surface area contributed by atoms with Crippen LogP contribution in [0.5, 0.6) is 0 Å². The van der Waals surface area contributed by atoms with E-state index < -0.39 is 0 Å². The Labute approximate surface area is 197 Å². The second kappa shape index (κ2) is 11.3. The second-order valence-electron chi connectivity index (χ2n) is 11.0. The van der Waals surface area contributed by atoms with Crippen LogP contribution < -0.4 is 5.32 Å². The molecule has 0 aliphatic heterocycles. The lowest BCUT2D eigenvalue weighted by molar-refractivity contribution is 0.142. The molecule has 0 aromatic heterocycles. The van der Waals surface area contributed by atoms with Crippen molar-refractivity contribution in [1.82, 2.24) is 5.32 Å². The molecule has 1 N–H and O–H groups in total. The van der Waals surface area contributed by atoms with Gasteiger partial charge < -0.3 is 10.1 Å². The molecule has 0 heterocycles. The van der Waals surface area contributed by atoms with Gasteiger partial charge in [0.05, 0.1) is 6.61 Å². The summed E-state index contributed by atoms with van der Waals surface area (Å²) in [5.41, 5.74) is 6.61. The van der Waals surface area contributed by atoms with Gasteiger partial charge in [-0.15, -0.1) is 0 Å². The first kappa shape index (κ1) is 24.0. The summed E-state index contributed by atoms with van der Waals surface area (Å²) in [6, 6.07) is 7.79. The fourth-order valence-electron chi connectivity index (χ4n) is 6.99. The van der Waals surface area contributed by atoms with Gasteiger partial charge in [0.15, 0.2) is 0 Å². The molecule has 2 fully saturated rings. The molecule has 32 heavy (non-hydrogen) atoms. The van der Waals surface area contributed by atoms with Crippen molar-refractivity contribution in [2.24, 2.45) is 5.92 Å². The first-order chi connectivity index (χ1) is 15.7. The van der Waals surface area contributed by atoms with E-state index >= 15 is 0 Å². The number of hydrogen-bond donors (Lipinski definition) is 1. The summed E-state index contributed by atoms with van der Waals surface area (Å²) < 4.78 is 5.96. The molecule has 0 spiro atoms. The third-order valence-corrected chi connectivity index (χ3v) is 8.54. The van der Waals surface area contributed by atoms with Gasteiger partial charge in [-0.05, 0) is 86.1 Å². The van der Waals surface area contributed by atoms with Crippen molar-refractivity contribution in [1.29, 1.82) is 0 Å². The van der Waals surface area contributed by atoms with Gasteiger partial charge in [0, 0.05) is 18.6 Å². The smallest absolute Gasteiger partial charge is 0.0595 e. The lowest BCUT2D eigenvalue weighted by Gasteiger charge is -2.33. The highest BCUT2D eigenvalue weighted by atomic mass is 16.5. The first-order valence-electron chi connectivity index (χ1n) is 13.8. The van der Waals surface area contributed by atoms with Crippen LogP contribution in [-0.2, 0) is 10.2 Å². The normalized spacial score (nSPS) is 25.5. The lowest BCUT2D eigenvalue weighted by atomic mass is 9.74. The quantitative estimate of drug-likeness (QED) is 0.378. The fourth-order valence-corrected chi connectivity index (χ4v) is 6.99. The van der Waals surface area contributed by atoms with Crippen LogP contribution in [0.15, 0.2) is 24.3 Å². The maximum atomic E-state index is 5.96. The monoisotopic (exact) mass is 437 g/mol. The number of benzene rings is 1. The predicted octanol–water partition coefficient (Wildman–Crippen LogP) is 7.76. The van der Waals surface area contributed by atoms with Crippen LogP contribution in [0.4, 0.5) is 0 Å². The summed E-state index contributed by atoms with van der Waals surface area (Å²) in [6.45, 7) is 6.57. The second-order valence-corrected chi connectivity index (χ2v) is 11.0. The number of fused-ring (bicyclic) bond motifs is 1. The number of methoxy groups -OCH3 is 1. The Balaban J connectivity index is 1.73. The van der Waals surface area contributed by atoms with E-state index in [1.165, 1.54) is 77.0 Å². The minimum Gasteiger partial charge on any atom is -0.383 e. The SMILES string of the molecule is CCCCNC(C)CC1(COC)C=C(C2CCCCC2)c2c(C3CCCCC3)cccc21. The van der Waals surface area contributed by atoms with Crippen LogP contribution in [0.1, 0.15) is 120 Å². The van der Waals surface area contributed by atoms with Crippen LogP contribution >= 0.6 is 0 Å². The van der Waals surface area contributed by atoms with Crippen LogP contribution in [0.2, 0.25) is 0 Å². The van der Waals surface area contributed by atoms with Gasteiger partial charge in [-0.1, -0.05) is 76.1 Å². The van der Waals surface area contributed by atoms with E-state index in [4.69, 9.17) is 4.74 Å². The standard InChI is InChI=1S/C30H47NO/c1-4-5-19-31-23(2)20-30(22-32-3)21-27(25-15-10-7-11-16-25)29-26(17-12-18-28(29)30)24-13-8-6-9-14-24/h12,17-18,21,23-25,31H,4-11,13-16,19-20,22H2,1-3H3. The molecule has 2 nitrogen and oxygen atoms in total. The Bertz CT molecular complexity index is 756. The summed E-state index contributed by atoms with van der Waals surface area (Å²) >= 11 is 0. The maximum absolute atomic E-state index is 5.96. The Morgan fingerprint density at radius 1 is 1.00 bits per heavy atom. The summed E-state index contributed by atoms with van der Waals surface area (Å²) in [6.07, 6.45) is 20.3. The van der Waals surface area contributed by atoms with E-state index in [2.05, 4.69) is 43.4 Å². The Morgan fingerprint density at radius 2 is 1.69 bits per heavy atom. The van der Waals surface area contributed by atoms with Crippen molar-refractivity contribution in [3.8, 4) is 0 Å². The van der Waals surface area contributed by atoms with E-state index in [1.807, 2.05) is 7.11 Å². The zero-order chi connectivity index (χ0) is 22.4. The van der Waals surface area contributed by atoms with Crippen molar-refractivity contribution in [3.05, 3.63) is 41.0 Å². The zero-order valence-corrected chi connectivity index (χ0v) is 21.1. The Hall–Kier alpha value is -1.12. The molecule has 3 aliphatic rings. The molecule has 178 valence electrons. The number of ether oxygens (including phenoxy) is 1. The summed E-state index contributed by atoms with van der Waals surface area (Å²) in [5.74, 6) is 1.50. The highest BCUT2D eigenvalue weighted by Crippen LogP contribution is 2.52. The molecule has 0 amide bonds. The third kappa shape index (κ3) is 5.17. The van der Waals surface area contributed by atoms with E-state index in [9.17, 15) is 0 Å². The molecule has 0 bridgehead atoms. The van der Waals surface area contributed by atoms with E-state index in [1.54, 1.807) is 22.3 Å². The molecule has 1 aromatic carbocycles. The van der Waals surface area contributed by atoms with Gasteiger partial charge in [-0.25, -0.2) is 0 Å². The zero-order valence-electron chi connectivity index (χ0n) is 21.1. The number of hydrogen-bond acceptors (Lipinski definition) is 2. The molecule has 3 aliphatic carbocycles. The highest BCUT2D eigenvalue weighted by molar-refractivity contribution is 5.81. The summed E-state index contributed by atoms with van der Waals surface area (Å²) in [7, 11) is 1.90. The number of rotatable bonds is 10. The minimum atomic E-state index is 0.0141. The van der Waals surface area contributed by atoms with Crippen LogP contribution in [0.25, 0.3) is 5.57 Å². The molecular formula is C30H47NO. The van der Waals surface area contributed by atoms with E-state index in [0.29, 0.717) is 6.04 Å². The van der Waals surface area contributed by atoms with E-state index in [0.717, 1.165) is 31.4 Å². The average molecular weight is 438 g/mol. The maximum Gasteiger partial charge on any atom is 0.0595 e. The van der Waals surface area contributed by atoms with Gasteiger partial charge in [0.2, 0.25) is 0 Å². The lowest BCUT2D eigenvalue weighted by Crippen LogP contribution is -2.38. The van der Waals surface area contributed by atoms with Gasteiger partial charge >= 0.3 is 0 Å². The molecule has 2 saturated carbocycles. The highest BCUT2D eigenvalue weighted by Gasteiger charge is 2.42. The van der Waals surface area contributed by atoms with Crippen LogP contribution in [-0.4, -0.2) is 26.3 Å². The van der Waals surface area contributed by atoms with Crippen molar-refractivity contribution >= 4 is 5.57 Å². The van der Waals surface area contributed by atoms with Crippen molar-refractivity contribution in [3.63, 3.8) is 0 Å². The van der Waals surface area contributed by atoms with Gasteiger partial charge in [0.25, 0.3) is 0 Å². The van der Waals surface area contributed by atoms with Crippen molar-refractivity contribution in [2.45, 2.75) is 115 Å². The Kier molecular flexibility index (Phi) is 8.51. The van der Waals surface area contributed by atoms with Gasteiger partial charge in [0.1, 0.15) is 0 Å². The molecule has 1 aromatic rings. The van der Waals surface area contributed by atoms with E-state index in [-0.39, 0.29) is 5.41 Å². The molecule has 2 heteroatoms. The van der Waals surface area contributed by atoms with Crippen molar-refractivity contribution < 1.29 is 4.74 Å². The largest absolute Gasteiger partial charge is 0.383 e. The summed E-state index contributed by atoms with van der Waals surface area (Å²) in [5, 5.41) is 3.81. The minimum absolute atomic E-state index is 0.0141. The number of unbranched alkanes of at least 4 members (excludes halogenated alkanes) is 1. The van der Waals surface area contributed by atoms with Gasteiger partial charge in [-0.3, -0.25) is 0 Å². The molecule has 2 unspecified atom stereocenters. The van der Waals surface area contributed by atoms with Crippen molar-refractivity contribution in [2.75, 3.05) is 20.3 Å².